The molecule has 3 rings (SSSR count). The molecule has 170 valence electrons. The molecular weight excluding hydrogens is 429 g/mol. The van der Waals surface area contributed by atoms with E-state index in [1.807, 2.05) is 13.0 Å². The molecule has 1 saturated heterocycles. The molecular formula is C24H28ClF3O3. The van der Waals surface area contributed by atoms with E-state index >= 15 is 0 Å². The van der Waals surface area contributed by atoms with Crippen LogP contribution in [0.3, 0.4) is 0 Å². The first-order chi connectivity index (χ1) is 14.2. The fourth-order valence-corrected chi connectivity index (χ4v) is 5.03. The van der Waals surface area contributed by atoms with Crippen LogP contribution in [0.2, 0.25) is 5.02 Å². The van der Waals surface area contributed by atoms with E-state index in [2.05, 4.69) is 0 Å². The van der Waals surface area contributed by atoms with Crippen molar-refractivity contribution in [2.45, 2.75) is 70.9 Å². The molecule has 31 heavy (non-hydrogen) atoms. The number of rotatable bonds is 3. The zero-order valence-corrected chi connectivity index (χ0v) is 19.1. The second-order valence-electron chi connectivity index (χ2n) is 9.34. The number of halogens is 4. The predicted molar refractivity (Wildman–Crippen MR) is 115 cm³/mol. The van der Waals surface area contributed by atoms with Crippen molar-refractivity contribution in [2.24, 2.45) is 11.8 Å². The Hall–Kier alpha value is -1.63. The quantitative estimate of drug-likeness (QED) is 0.586. The maximum atomic E-state index is 13.3. The monoisotopic (exact) mass is 456 g/mol. The minimum absolute atomic E-state index is 0.197. The second-order valence-corrected chi connectivity index (χ2v) is 9.75. The van der Waals surface area contributed by atoms with E-state index in [1.165, 1.54) is 6.07 Å². The van der Waals surface area contributed by atoms with E-state index < -0.39 is 35.0 Å². The summed E-state index contributed by atoms with van der Waals surface area (Å²) >= 11 is 5.77. The van der Waals surface area contributed by atoms with Gasteiger partial charge in [-0.25, -0.2) is 0 Å². The molecule has 0 spiro atoms. The largest absolute Gasteiger partial charge is 0.417 e. The van der Waals surface area contributed by atoms with Crippen molar-refractivity contribution >= 4 is 23.0 Å². The van der Waals surface area contributed by atoms with Gasteiger partial charge in [-0.3, -0.25) is 4.79 Å². The van der Waals surface area contributed by atoms with Gasteiger partial charge >= 0.3 is 6.18 Å². The molecule has 0 saturated carbocycles. The zero-order chi connectivity index (χ0) is 23.4. The highest BCUT2D eigenvalue weighted by Crippen LogP contribution is 2.47. The van der Waals surface area contributed by atoms with Crippen molar-refractivity contribution < 1.29 is 27.8 Å². The van der Waals surface area contributed by atoms with E-state index in [1.54, 1.807) is 39.8 Å². The number of aliphatic hydroxyl groups excluding tert-OH is 1. The average molecular weight is 457 g/mol. The van der Waals surface area contributed by atoms with E-state index in [9.17, 15) is 23.1 Å². The third-order valence-corrected chi connectivity index (χ3v) is 6.70. The fraction of sp³-hybridized carbons (Fsp3) is 0.542. The Morgan fingerprint density at radius 1 is 1.19 bits per heavy atom. The summed E-state index contributed by atoms with van der Waals surface area (Å²) in [5, 5.41) is 10.7. The molecule has 0 radical (unpaired) electrons. The summed E-state index contributed by atoms with van der Waals surface area (Å²) in [7, 11) is 0. The van der Waals surface area contributed by atoms with Gasteiger partial charge in [-0.2, -0.15) is 13.2 Å². The van der Waals surface area contributed by atoms with Crippen molar-refractivity contribution in [3.8, 4) is 0 Å². The number of hydrogen-bond donors (Lipinski definition) is 1. The molecule has 7 heteroatoms. The number of aliphatic hydroxyl groups is 1. The first-order valence-corrected chi connectivity index (χ1v) is 10.8. The Morgan fingerprint density at radius 3 is 2.42 bits per heavy atom. The Morgan fingerprint density at radius 2 is 1.84 bits per heavy atom. The first kappa shape index (κ1) is 24.0. The third-order valence-electron chi connectivity index (χ3n) is 6.37. The molecule has 0 bridgehead atoms. The number of carbonyl (C=O) groups is 1. The molecule has 1 aromatic rings. The number of ether oxygens (including phenoxy) is 1. The summed E-state index contributed by atoms with van der Waals surface area (Å²) in [5.74, 6) is -1.25. The fourth-order valence-electron chi connectivity index (χ4n) is 4.81. The van der Waals surface area contributed by atoms with Gasteiger partial charge in [0.05, 0.1) is 28.2 Å². The number of carbonyl (C=O) groups excluding carboxylic acids is 1. The summed E-state index contributed by atoms with van der Waals surface area (Å²) < 4.78 is 45.9. The van der Waals surface area contributed by atoms with E-state index in [0.29, 0.717) is 24.0 Å². The lowest BCUT2D eigenvalue weighted by Gasteiger charge is -2.50. The van der Waals surface area contributed by atoms with Gasteiger partial charge in [0.1, 0.15) is 5.60 Å². The van der Waals surface area contributed by atoms with Gasteiger partial charge in [0.2, 0.25) is 0 Å². The van der Waals surface area contributed by atoms with Crippen LogP contribution >= 0.6 is 11.6 Å². The molecule has 0 amide bonds. The van der Waals surface area contributed by atoms with Crippen LogP contribution in [-0.2, 0) is 15.7 Å². The number of allylic oxidation sites excluding steroid dienone is 4. The first-order valence-electron chi connectivity index (χ1n) is 10.4. The van der Waals surface area contributed by atoms with Crippen molar-refractivity contribution in [1.29, 1.82) is 0 Å². The summed E-state index contributed by atoms with van der Waals surface area (Å²) in [5.41, 5.74) is -0.839. The van der Waals surface area contributed by atoms with Crippen LogP contribution < -0.4 is 0 Å². The van der Waals surface area contributed by atoms with Gasteiger partial charge in [-0.1, -0.05) is 42.3 Å². The lowest BCUT2D eigenvalue weighted by Crippen LogP contribution is -2.63. The number of ketones is 1. The normalized spacial score (nSPS) is 28.2. The Labute approximate surface area is 185 Å². The smallest absolute Gasteiger partial charge is 0.389 e. The second kappa shape index (κ2) is 8.05. The molecule has 2 aliphatic rings. The molecule has 1 aromatic carbocycles. The highest BCUT2D eigenvalue weighted by molar-refractivity contribution is 6.31. The summed E-state index contributed by atoms with van der Waals surface area (Å²) in [4.78, 5) is 13.3. The Balaban J connectivity index is 2.03. The highest BCUT2D eigenvalue weighted by atomic mass is 35.5. The Bertz CT molecular complexity index is 944. The van der Waals surface area contributed by atoms with Crippen LogP contribution in [0.4, 0.5) is 13.2 Å². The minimum Gasteiger partial charge on any atom is -0.389 e. The van der Waals surface area contributed by atoms with Crippen molar-refractivity contribution in [1.82, 2.24) is 0 Å². The molecule has 1 aliphatic carbocycles. The van der Waals surface area contributed by atoms with Crippen LogP contribution in [0.1, 0.15) is 58.6 Å². The minimum atomic E-state index is -4.56. The van der Waals surface area contributed by atoms with Crippen LogP contribution in [0.25, 0.3) is 5.57 Å². The molecule has 1 heterocycles. The maximum Gasteiger partial charge on any atom is 0.417 e. The molecule has 3 unspecified atom stereocenters. The van der Waals surface area contributed by atoms with Crippen LogP contribution in [0, 0.1) is 11.8 Å². The third kappa shape index (κ3) is 4.48. The van der Waals surface area contributed by atoms with Gasteiger partial charge in [0.25, 0.3) is 0 Å². The summed E-state index contributed by atoms with van der Waals surface area (Å²) in [6.45, 7) is 8.86. The van der Waals surface area contributed by atoms with Crippen LogP contribution in [-0.4, -0.2) is 28.2 Å². The molecule has 3 nitrogen and oxygen atoms in total. The maximum absolute atomic E-state index is 13.3. The molecule has 1 fully saturated rings. The topological polar surface area (TPSA) is 46.5 Å². The molecule has 1 N–H and O–H groups in total. The van der Waals surface area contributed by atoms with Gasteiger partial charge in [0, 0.05) is 0 Å². The van der Waals surface area contributed by atoms with Crippen LogP contribution in [0.5, 0.6) is 0 Å². The van der Waals surface area contributed by atoms with Gasteiger partial charge < -0.3 is 9.84 Å². The SMILES string of the molecule is CCC1=CC=C(c2ccc(Cl)c(C(F)(F)F)c2)CC1C1C(=O)C(C)(C)OC(C)(C)C1O. The van der Waals surface area contributed by atoms with Crippen LogP contribution in [0.15, 0.2) is 35.9 Å². The van der Waals surface area contributed by atoms with Gasteiger partial charge in [-0.05, 0) is 69.7 Å². The standard InChI is InChI=1S/C24H28ClF3O3/c1-6-13-7-8-14(15-9-10-18(25)17(12-15)24(26,27)28)11-16(13)19-20(29)22(2,3)31-23(4,5)21(19)30/h7-10,12,16,19-20,29H,6,11H2,1-5H3. The van der Waals surface area contributed by atoms with Crippen molar-refractivity contribution in [2.75, 3.05) is 0 Å². The number of benzene rings is 1. The van der Waals surface area contributed by atoms with Crippen molar-refractivity contribution in [3.05, 3.63) is 52.1 Å². The lowest BCUT2D eigenvalue weighted by molar-refractivity contribution is -0.223. The van der Waals surface area contributed by atoms with Gasteiger partial charge in [0.15, 0.2) is 5.78 Å². The Kier molecular flexibility index (Phi) is 6.24. The number of Topliss-reactive ketones (excluding diaryl/α,β-unsaturated/α-hetero) is 1. The molecule has 1 aliphatic heterocycles. The predicted octanol–water partition coefficient (Wildman–Crippen LogP) is 6.23. The zero-order valence-electron chi connectivity index (χ0n) is 18.3. The highest BCUT2D eigenvalue weighted by Gasteiger charge is 2.55. The van der Waals surface area contributed by atoms with Crippen molar-refractivity contribution in [3.63, 3.8) is 0 Å². The number of alkyl halides is 3. The molecule has 3 atom stereocenters. The molecule has 0 aromatic heterocycles. The average Bonchev–Trinajstić information content (AvgIpc) is 2.65. The lowest BCUT2D eigenvalue weighted by atomic mass is 9.65. The van der Waals surface area contributed by atoms with Gasteiger partial charge in [-0.15, -0.1) is 0 Å². The number of hydrogen-bond acceptors (Lipinski definition) is 3. The van der Waals surface area contributed by atoms with E-state index in [-0.39, 0.29) is 16.7 Å². The summed E-state index contributed by atoms with van der Waals surface area (Å²) in [6.07, 6.45) is -0.929. The summed E-state index contributed by atoms with van der Waals surface area (Å²) in [6, 6.07) is 3.85. The van der Waals surface area contributed by atoms with E-state index in [0.717, 1.165) is 11.6 Å². The van der Waals surface area contributed by atoms with E-state index in [4.69, 9.17) is 16.3 Å².